The van der Waals surface area contributed by atoms with Gasteiger partial charge in [0.2, 0.25) is 0 Å². The van der Waals surface area contributed by atoms with Gasteiger partial charge >= 0.3 is 5.69 Å². The van der Waals surface area contributed by atoms with Crippen molar-refractivity contribution in [2.45, 2.75) is 24.5 Å². The Morgan fingerprint density at radius 1 is 1.55 bits per heavy atom. The van der Waals surface area contributed by atoms with Gasteiger partial charge < -0.3 is 10.1 Å². The molecule has 2 rings (SSSR count). The number of rotatable bonds is 5. The highest BCUT2D eigenvalue weighted by Gasteiger charge is 2.20. The molecule has 1 saturated heterocycles. The summed E-state index contributed by atoms with van der Waals surface area (Å²) in [4.78, 5) is 10.1. The molecule has 1 N–H and O–H groups in total. The first kappa shape index (κ1) is 14.9. The second-order valence-electron chi connectivity index (χ2n) is 4.63. The quantitative estimate of drug-likeness (QED) is 0.666. The maximum Gasteiger partial charge on any atom is 0.313 e. The van der Waals surface area contributed by atoms with Crippen LogP contribution in [0.25, 0.3) is 0 Å². The van der Waals surface area contributed by atoms with Crippen LogP contribution in [0, 0.1) is 15.9 Å². The Kier molecular flexibility index (Phi) is 5.05. The number of nitro benzene ring substituents is 1. The average molecular weight is 300 g/mol. The minimum atomic E-state index is -0.650. The van der Waals surface area contributed by atoms with Crippen molar-refractivity contribution in [2.75, 3.05) is 24.7 Å². The van der Waals surface area contributed by atoms with Crippen molar-refractivity contribution < 1.29 is 14.1 Å². The predicted octanol–water partition coefficient (Wildman–Crippen LogP) is 3.44. The van der Waals surface area contributed by atoms with E-state index in [1.165, 1.54) is 26.0 Å². The zero-order chi connectivity index (χ0) is 14.5. The first-order valence-electron chi connectivity index (χ1n) is 6.49. The lowest BCUT2D eigenvalue weighted by Crippen LogP contribution is -2.20. The highest BCUT2D eigenvalue weighted by atomic mass is 32.2. The number of benzene rings is 1. The highest BCUT2D eigenvalue weighted by molar-refractivity contribution is 7.99. The van der Waals surface area contributed by atoms with Gasteiger partial charge in [-0.1, -0.05) is 6.42 Å². The van der Waals surface area contributed by atoms with Gasteiger partial charge in [0.05, 0.1) is 23.8 Å². The number of thioether (sulfide) groups is 1. The van der Waals surface area contributed by atoms with Crippen LogP contribution >= 0.6 is 11.8 Å². The zero-order valence-corrected chi connectivity index (χ0v) is 12.0. The molecule has 1 aliphatic rings. The molecule has 0 amide bonds. The lowest BCUT2D eigenvalue weighted by atomic mass is 10.2. The predicted molar refractivity (Wildman–Crippen MR) is 78.2 cm³/mol. The van der Waals surface area contributed by atoms with E-state index in [4.69, 9.17) is 4.74 Å². The largest absolute Gasteiger partial charge is 0.490 e. The summed E-state index contributed by atoms with van der Waals surface area (Å²) >= 11 is 1.88. The van der Waals surface area contributed by atoms with Gasteiger partial charge in [0, 0.05) is 17.9 Å². The fraction of sp³-hybridized carbons (Fsp3) is 0.538. The molecule has 1 unspecified atom stereocenters. The summed E-state index contributed by atoms with van der Waals surface area (Å²) in [5.41, 5.74) is -0.110. The number of nitro groups is 1. The van der Waals surface area contributed by atoms with Gasteiger partial charge in [-0.2, -0.15) is 11.8 Å². The molecule has 110 valence electrons. The molecule has 7 heteroatoms. The summed E-state index contributed by atoms with van der Waals surface area (Å²) in [6, 6.07) is 2.25. The van der Waals surface area contributed by atoms with E-state index >= 15 is 0 Å². The fourth-order valence-electron chi connectivity index (χ4n) is 2.18. The van der Waals surface area contributed by atoms with Crippen molar-refractivity contribution in [2.24, 2.45) is 0 Å². The Hall–Kier alpha value is -1.50. The molecular weight excluding hydrogens is 283 g/mol. The summed E-state index contributed by atoms with van der Waals surface area (Å²) in [5.74, 6) is 0.576. The van der Waals surface area contributed by atoms with E-state index in [1.54, 1.807) is 0 Å². The molecular formula is C13H17FN2O3S. The van der Waals surface area contributed by atoms with E-state index in [0.29, 0.717) is 11.8 Å². The zero-order valence-electron chi connectivity index (χ0n) is 11.2. The van der Waals surface area contributed by atoms with Crippen LogP contribution < -0.4 is 10.1 Å². The number of methoxy groups -OCH3 is 1. The second-order valence-corrected chi connectivity index (χ2v) is 6.04. The molecule has 1 aromatic rings. The van der Waals surface area contributed by atoms with Gasteiger partial charge in [0.1, 0.15) is 0 Å². The van der Waals surface area contributed by atoms with Crippen LogP contribution in [0.1, 0.15) is 19.3 Å². The number of hydrogen-bond donors (Lipinski definition) is 1. The Labute approximate surface area is 121 Å². The van der Waals surface area contributed by atoms with Crippen LogP contribution in [0.2, 0.25) is 0 Å². The average Bonchev–Trinajstić information content (AvgIpc) is 2.46. The van der Waals surface area contributed by atoms with E-state index in [0.717, 1.165) is 18.2 Å². The van der Waals surface area contributed by atoms with Crippen LogP contribution in [0.4, 0.5) is 15.8 Å². The van der Waals surface area contributed by atoms with Gasteiger partial charge in [-0.05, 0) is 18.6 Å². The van der Waals surface area contributed by atoms with Crippen LogP contribution in [0.3, 0.4) is 0 Å². The van der Waals surface area contributed by atoms with Crippen molar-refractivity contribution in [1.29, 1.82) is 0 Å². The van der Waals surface area contributed by atoms with E-state index < -0.39 is 10.7 Å². The molecule has 1 aromatic carbocycles. The summed E-state index contributed by atoms with van der Waals surface area (Å²) in [6.07, 6.45) is 3.55. The first-order valence-corrected chi connectivity index (χ1v) is 7.54. The minimum absolute atomic E-state index is 0.0650. The summed E-state index contributed by atoms with van der Waals surface area (Å²) in [6.45, 7) is 0.655. The van der Waals surface area contributed by atoms with E-state index in [1.807, 2.05) is 11.8 Å². The summed E-state index contributed by atoms with van der Waals surface area (Å²) in [7, 11) is 1.33. The molecule has 20 heavy (non-hydrogen) atoms. The molecule has 0 radical (unpaired) electrons. The maximum atomic E-state index is 13.9. The number of hydrogen-bond acceptors (Lipinski definition) is 5. The number of nitrogens with one attached hydrogen (secondary N) is 1. The molecule has 1 atom stereocenters. The van der Waals surface area contributed by atoms with Gasteiger partial charge in [0.25, 0.3) is 0 Å². The number of anilines is 1. The van der Waals surface area contributed by atoms with E-state index in [-0.39, 0.29) is 17.1 Å². The van der Waals surface area contributed by atoms with Crippen molar-refractivity contribution in [3.8, 4) is 5.75 Å². The Morgan fingerprint density at radius 3 is 2.95 bits per heavy atom. The maximum absolute atomic E-state index is 13.9. The Balaban J connectivity index is 2.09. The van der Waals surface area contributed by atoms with Crippen molar-refractivity contribution in [3.05, 3.63) is 28.1 Å². The molecule has 0 spiro atoms. The molecule has 0 bridgehead atoms. The third-order valence-electron chi connectivity index (χ3n) is 3.26. The normalized spacial score (nSPS) is 18.6. The first-order chi connectivity index (χ1) is 9.61. The van der Waals surface area contributed by atoms with Gasteiger partial charge in [0.15, 0.2) is 11.6 Å². The third-order valence-corrected chi connectivity index (χ3v) is 4.66. The summed E-state index contributed by atoms with van der Waals surface area (Å²) in [5, 5.41) is 14.3. The van der Waals surface area contributed by atoms with Gasteiger partial charge in [-0.3, -0.25) is 10.1 Å². The minimum Gasteiger partial charge on any atom is -0.490 e. The van der Waals surface area contributed by atoms with Crippen LogP contribution in [-0.4, -0.2) is 29.6 Å². The van der Waals surface area contributed by atoms with Gasteiger partial charge in [-0.25, -0.2) is 4.39 Å². The smallest absolute Gasteiger partial charge is 0.313 e. The Bertz CT molecular complexity index is 493. The molecule has 1 aliphatic heterocycles. The van der Waals surface area contributed by atoms with E-state index in [2.05, 4.69) is 5.32 Å². The Morgan fingerprint density at radius 2 is 2.35 bits per heavy atom. The molecule has 1 heterocycles. The lowest BCUT2D eigenvalue weighted by molar-refractivity contribution is -0.385. The number of nitrogens with zero attached hydrogens (tertiary/aromatic N) is 1. The monoisotopic (exact) mass is 300 g/mol. The SMILES string of the molecule is COc1cc(NCC2CCCCS2)c(F)cc1[N+](=O)[O-]. The van der Waals surface area contributed by atoms with E-state index in [9.17, 15) is 14.5 Å². The third kappa shape index (κ3) is 3.53. The van der Waals surface area contributed by atoms with Crippen molar-refractivity contribution >= 4 is 23.1 Å². The van der Waals surface area contributed by atoms with Crippen molar-refractivity contribution in [3.63, 3.8) is 0 Å². The standard InChI is InChI=1S/C13H17FN2O3S/c1-19-13-7-11(10(14)6-12(13)16(17)18)15-8-9-4-2-3-5-20-9/h6-7,9,15H,2-5,8H2,1H3. The second kappa shape index (κ2) is 6.78. The molecule has 0 aliphatic carbocycles. The number of halogens is 1. The fourth-order valence-corrected chi connectivity index (χ4v) is 3.42. The molecule has 0 saturated carbocycles. The van der Waals surface area contributed by atoms with Crippen LogP contribution in [0.15, 0.2) is 12.1 Å². The lowest BCUT2D eigenvalue weighted by Gasteiger charge is -2.22. The van der Waals surface area contributed by atoms with Crippen molar-refractivity contribution in [1.82, 2.24) is 0 Å². The highest BCUT2D eigenvalue weighted by Crippen LogP contribution is 2.33. The topological polar surface area (TPSA) is 64.4 Å². The number of ether oxygens (including phenoxy) is 1. The van der Waals surface area contributed by atoms with Gasteiger partial charge in [-0.15, -0.1) is 0 Å². The molecule has 1 fully saturated rings. The molecule has 0 aromatic heterocycles. The van der Waals surface area contributed by atoms with Crippen LogP contribution in [0.5, 0.6) is 5.75 Å². The summed E-state index contributed by atoms with van der Waals surface area (Å²) < 4.78 is 18.8. The van der Waals surface area contributed by atoms with Crippen LogP contribution in [-0.2, 0) is 0 Å². The molecule has 5 nitrogen and oxygen atoms in total.